The zero-order chi connectivity index (χ0) is 21.8. The van der Waals surface area contributed by atoms with Crippen LogP contribution in [0.25, 0.3) is 21.9 Å². The average molecular weight is 440 g/mol. The first-order chi connectivity index (χ1) is 15.8. The van der Waals surface area contributed by atoms with E-state index in [1.54, 1.807) is 18.0 Å². The standard InChI is InChI=1S/C25H21N5OS/c31-25(29-27-15-18-14-26-21-11-5-4-10-20(18)21)16-30-23-13-7-6-12-22(23)28-24(30)17-32-19-8-2-1-3-9-19/h1-15,26H,16-17H2,(H,29,31). The maximum absolute atomic E-state index is 12.7. The van der Waals surface area contributed by atoms with Gasteiger partial charge in [-0.25, -0.2) is 10.4 Å². The minimum atomic E-state index is -0.199. The molecule has 1 amide bonds. The van der Waals surface area contributed by atoms with Gasteiger partial charge in [-0.2, -0.15) is 5.10 Å². The van der Waals surface area contributed by atoms with Crippen LogP contribution in [0.3, 0.4) is 0 Å². The molecule has 2 aromatic heterocycles. The molecular weight excluding hydrogens is 418 g/mol. The lowest BCUT2D eigenvalue weighted by atomic mass is 10.2. The van der Waals surface area contributed by atoms with Crippen molar-refractivity contribution in [1.82, 2.24) is 20.0 Å². The molecule has 3 aromatic carbocycles. The Morgan fingerprint density at radius 2 is 1.81 bits per heavy atom. The molecule has 7 heteroatoms. The molecule has 0 spiro atoms. The zero-order valence-corrected chi connectivity index (χ0v) is 18.0. The largest absolute Gasteiger partial charge is 0.361 e. The molecule has 158 valence electrons. The molecule has 0 fully saturated rings. The number of fused-ring (bicyclic) bond motifs is 2. The van der Waals surface area contributed by atoms with Crippen LogP contribution < -0.4 is 5.43 Å². The fourth-order valence-electron chi connectivity index (χ4n) is 3.63. The third-order valence-corrected chi connectivity index (χ3v) is 6.17. The number of benzene rings is 3. The SMILES string of the molecule is O=C(Cn1c(CSc2ccccc2)nc2ccccc21)NN=Cc1c[nH]c2ccccc12. The van der Waals surface area contributed by atoms with Gasteiger partial charge in [-0.1, -0.05) is 48.5 Å². The number of para-hydroxylation sites is 3. The van der Waals surface area contributed by atoms with Crippen molar-refractivity contribution in [1.29, 1.82) is 0 Å². The van der Waals surface area contributed by atoms with Crippen molar-refractivity contribution in [2.75, 3.05) is 0 Å². The number of H-pyrrole nitrogens is 1. The lowest BCUT2D eigenvalue weighted by Gasteiger charge is -2.08. The quantitative estimate of drug-likeness (QED) is 0.214. The predicted octanol–water partition coefficient (Wildman–Crippen LogP) is 4.96. The van der Waals surface area contributed by atoms with Crippen LogP contribution in [0.1, 0.15) is 11.4 Å². The molecule has 0 radical (unpaired) electrons. The van der Waals surface area contributed by atoms with Gasteiger partial charge in [0.25, 0.3) is 5.91 Å². The molecule has 0 aliphatic carbocycles. The van der Waals surface area contributed by atoms with Gasteiger partial charge in [-0.15, -0.1) is 11.8 Å². The molecule has 5 aromatic rings. The highest BCUT2D eigenvalue weighted by Gasteiger charge is 2.14. The molecule has 0 aliphatic rings. The highest BCUT2D eigenvalue weighted by Crippen LogP contribution is 2.25. The molecule has 0 aliphatic heterocycles. The summed E-state index contributed by atoms with van der Waals surface area (Å²) in [5.74, 6) is 1.33. The minimum absolute atomic E-state index is 0.149. The molecule has 6 nitrogen and oxygen atoms in total. The molecule has 2 N–H and O–H groups in total. The van der Waals surface area contributed by atoms with Gasteiger partial charge in [0, 0.05) is 27.6 Å². The van der Waals surface area contributed by atoms with E-state index in [0.29, 0.717) is 5.75 Å². The number of rotatable bonds is 7. The second-order valence-electron chi connectivity index (χ2n) is 7.29. The number of hydrogen-bond donors (Lipinski definition) is 2. The van der Waals surface area contributed by atoms with Gasteiger partial charge in [0.2, 0.25) is 0 Å². The summed E-state index contributed by atoms with van der Waals surface area (Å²) < 4.78 is 1.96. The number of imidazole rings is 1. The molecule has 0 atom stereocenters. The van der Waals surface area contributed by atoms with Gasteiger partial charge in [-0.3, -0.25) is 4.79 Å². The van der Waals surface area contributed by atoms with Gasteiger partial charge < -0.3 is 9.55 Å². The predicted molar refractivity (Wildman–Crippen MR) is 130 cm³/mol. The number of aromatic amines is 1. The van der Waals surface area contributed by atoms with Crippen molar-refractivity contribution in [2.45, 2.75) is 17.2 Å². The Morgan fingerprint density at radius 1 is 1.03 bits per heavy atom. The minimum Gasteiger partial charge on any atom is -0.361 e. The van der Waals surface area contributed by atoms with Crippen molar-refractivity contribution >= 4 is 45.8 Å². The van der Waals surface area contributed by atoms with Crippen LogP contribution in [0.4, 0.5) is 0 Å². The van der Waals surface area contributed by atoms with Gasteiger partial charge in [0.15, 0.2) is 0 Å². The Hall–Kier alpha value is -3.84. The summed E-state index contributed by atoms with van der Waals surface area (Å²) in [7, 11) is 0. The summed E-state index contributed by atoms with van der Waals surface area (Å²) in [6, 6.07) is 26.0. The van der Waals surface area contributed by atoms with E-state index in [0.717, 1.165) is 33.3 Å². The third-order valence-electron chi connectivity index (χ3n) is 5.16. The fraction of sp³-hybridized carbons (Fsp3) is 0.0800. The van der Waals surface area contributed by atoms with Crippen molar-refractivity contribution in [3.8, 4) is 0 Å². The third kappa shape index (κ3) is 4.29. The molecule has 5 rings (SSSR count). The van der Waals surface area contributed by atoms with Gasteiger partial charge in [0.1, 0.15) is 12.4 Å². The number of aromatic nitrogens is 3. The first-order valence-corrected chi connectivity index (χ1v) is 11.3. The topological polar surface area (TPSA) is 75.1 Å². The normalized spacial score (nSPS) is 11.5. The first kappa shape index (κ1) is 20.1. The highest BCUT2D eigenvalue weighted by molar-refractivity contribution is 7.98. The van der Waals surface area contributed by atoms with Crippen molar-refractivity contribution in [2.24, 2.45) is 5.10 Å². The summed E-state index contributed by atoms with van der Waals surface area (Å²) >= 11 is 1.70. The Labute approximate surface area is 189 Å². The molecule has 32 heavy (non-hydrogen) atoms. The highest BCUT2D eigenvalue weighted by atomic mass is 32.2. The van der Waals surface area contributed by atoms with Gasteiger partial charge >= 0.3 is 0 Å². The maximum atomic E-state index is 12.7. The first-order valence-electron chi connectivity index (χ1n) is 10.3. The Balaban J connectivity index is 1.31. The summed E-state index contributed by atoms with van der Waals surface area (Å²) in [4.78, 5) is 21.8. The Morgan fingerprint density at radius 3 is 2.72 bits per heavy atom. The molecule has 0 saturated carbocycles. The van der Waals surface area contributed by atoms with E-state index in [9.17, 15) is 4.79 Å². The number of amides is 1. The molecule has 0 bridgehead atoms. The van der Waals surface area contributed by atoms with E-state index in [1.807, 2.05) is 77.5 Å². The van der Waals surface area contributed by atoms with Crippen LogP contribution in [-0.2, 0) is 17.1 Å². The van der Waals surface area contributed by atoms with Crippen LogP contribution in [0.5, 0.6) is 0 Å². The van der Waals surface area contributed by atoms with Crippen molar-refractivity contribution < 1.29 is 4.79 Å². The van der Waals surface area contributed by atoms with Crippen LogP contribution >= 0.6 is 11.8 Å². The van der Waals surface area contributed by atoms with Crippen molar-refractivity contribution in [3.63, 3.8) is 0 Å². The molecule has 2 heterocycles. The fourth-order valence-corrected chi connectivity index (χ4v) is 4.50. The summed E-state index contributed by atoms with van der Waals surface area (Å²) in [6.07, 6.45) is 3.54. The van der Waals surface area contributed by atoms with Gasteiger partial charge in [0.05, 0.1) is 23.0 Å². The second kappa shape index (κ2) is 9.11. The Bertz CT molecular complexity index is 1400. The number of carbonyl (C=O) groups excluding carboxylic acids is 1. The summed E-state index contributed by atoms with van der Waals surface area (Å²) in [6.45, 7) is 0.149. The lowest BCUT2D eigenvalue weighted by molar-refractivity contribution is -0.121. The maximum Gasteiger partial charge on any atom is 0.260 e. The number of hydrazone groups is 1. The van der Waals surface area contributed by atoms with E-state index in [4.69, 9.17) is 4.98 Å². The van der Waals surface area contributed by atoms with Crippen molar-refractivity contribution in [3.05, 3.63) is 96.4 Å². The summed E-state index contributed by atoms with van der Waals surface area (Å²) in [5, 5.41) is 5.23. The number of hydrogen-bond acceptors (Lipinski definition) is 4. The number of carbonyl (C=O) groups is 1. The number of nitrogens with zero attached hydrogens (tertiary/aromatic N) is 3. The average Bonchev–Trinajstić information content (AvgIpc) is 3.40. The van der Waals surface area contributed by atoms with E-state index >= 15 is 0 Å². The smallest absolute Gasteiger partial charge is 0.260 e. The van der Waals surface area contributed by atoms with Crippen LogP contribution in [0, 0.1) is 0 Å². The molecule has 0 saturated heterocycles. The molecule has 0 unspecified atom stereocenters. The zero-order valence-electron chi connectivity index (χ0n) is 17.2. The van der Waals surface area contributed by atoms with Crippen LogP contribution in [0.15, 0.2) is 95.1 Å². The van der Waals surface area contributed by atoms with Crippen LogP contribution in [0.2, 0.25) is 0 Å². The Kier molecular flexibility index (Phi) is 5.72. The summed E-state index contributed by atoms with van der Waals surface area (Å²) in [5.41, 5.74) is 6.43. The van der Waals surface area contributed by atoms with E-state index in [1.165, 1.54) is 4.90 Å². The monoisotopic (exact) mass is 439 g/mol. The molecular formula is C25H21N5OS. The van der Waals surface area contributed by atoms with E-state index in [2.05, 4.69) is 27.6 Å². The number of nitrogens with one attached hydrogen (secondary N) is 2. The van der Waals surface area contributed by atoms with Crippen LogP contribution in [-0.4, -0.2) is 26.7 Å². The lowest BCUT2D eigenvalue weighted by Crippen LogP contribution is -2.24. The second-order valence-corrected chi connectivity index (χ2v) is 8.34. The van der Waals surface area contributed by atoms with E-state index < -0.39 is 0 Å². The van der Waals surface area contributed by atoms with E-state index in [-0.39, 0.29) is 12.5 Å². The van der Waals surface area contributed by atoms with Gasteiger partial charge in [-0.05, 0) is 30.3 Å². The number of thioether (sulfide) groups is 1.